The van der Waals surface area contributed by atoms with Crippen LogP contribution in [0.3, 0.4) is 0 Å². The number of rotatable bonds is 6. The maximum Gasteiger partial charge on any atom is 0.335 e. The zero-order chi connectivity index (χ0) is 26.0. The van der Waals surface area contributed by atoms with Gasteiger partial charge in [-0.15, -0.1) is 0 Å². The summed E-state index contributed by atoms with van der Waals surface area (Å²) < 4.78 is 20.9. The van der Waals surface area contributed by atoms with Crippen LogP contribution in [-0.4, -0.2) is 24.5 Å². The molecule has 0 saturated carbocycles. The number of imide groups is 2. The Balaban J connectivity index is 1.74. The highest BCUT2D eigenvalue weighted by Crippen LogP contribution is 2.32. The predicted molar refractivity (Wildman–Crippen MR) is 144 cm³/mol. The first-order valence-corrected chi connectivity index (χ1v) is 12.4. The Morgan fingerprint density at radius 1 is 1.06 bits per heavy atom. The van der Waals surface area contributed by atoms with Gasteiger partial charge in [-0.2, -0.15) is 0 Å². The number of barbiturate groups is 1. The number of hydrogen-bond donors (Lipinski definition) is 1. The highest BCUT2D eigenvalue weighted by atomic mass is 127. The van der Waals surface area contributed by atoms with Gasteiger partial charge >= 0.3 is 6.03 Å². The highest BCUT2D eigenvalue weighted by Gasteiger charge is 2.37. The molecule has 1 fully saturated rings. The van der Waals surface area contributed by atoms with Crippen molar-refractivity contribution in [3.05, 3.63) is 97.4 Å². The van der Waals surface area contributed by atoms with Gasteiger partial charge in [0.15, 0.2) is 0 Å². The number of halogens is 2. The van der Waals surface area contributed by atoms with Gasteiger partial charge in [0.1, 0.15) is 17.1 Å². The Morgan fingerprint density at radius 3 is 2.50 bits per heavy atom. The number of carbonyl (C=O) groups is 3. The van der Waals surface area contributed by atoms with Crippen molar-refractivity contribution < 1.29 is 23.5 Å². The van der Waals surface area contributed by atoms with Crippen molar-refractivity contribution in [1.82, 2.24) is 5.32 Å². The Labute approximate surface area is 222 Å². The molecular formula is C28H24FIN2O4. The number of urea groups is 1. The molecule has 8 heteroatoms. The monoisotopic (exact) mass is 598 g/mol. The number of ether oxygens (including phenoxy) is 1. The summed E-state index contributed by atoms with van der Waals surface area (Å²) in [4.78, 5) is 39.5. The molecule has 0 bridgehead atoms. The van der Waals surface area contributed by atoms with Gasteiger partial charge in [-0.05, 0) is 90.4 Å². The molecule has 3 aromatic rings. The Bertz CT molecular complexity index is 1420. The molecule has 1 aliphatic heterocycles. The number of carbonyl (C=O) groups excluding carboxylic acids is 3. The molecule has 4 rings (SSSR count). The second kappa shape index (κ2) is 10.6. The van der Waals surface area contributed by atoms with E-state index in [0.29, 0.717) is 35.6 Å². The minimum atomic E-state index is -0.793. The summed E-state index contributed by atoms with van der Waals surface area (Å²) in [5, 5.41) is 2.26. The number of aryl methyl sites for hydroxylation is 2. The van der Waals surface area contributed by atoms with Crippen LogP contribution in [0.4, 0.5) is 14.9 Å². The van der Waals surface area contributed by atoms with Crippen molar-refractivity contribution in [2.75, 3.05) is 11.5 Å². The summed E-state index contributed by atoms with van der Waals surface area (Å²) in [6.45, 7) is 5.94. The Kier molecular flexibility index (Phi) is 7.53. The number of nitrogens with zero attached hydrogens (tertiary/aromatic N) is 1. The molecule has 0 spiro atoms. The predicted octanol–water partition coefficient (Wildman–Crippen LogP) is 5.70. The highest BCUT2D eigenvalue weighted by molar-refractivity contribution is 14.1. The summed E-state index contributed by atoms with van der Waals surface area (Å²) in [7, 11) is 0. The molecule has 0 atom stereocenters. The van der Waals surface area contributed by atoms with Gasteiger partial charge in [0, 0.05) is 15.6 Å². The summed E-state index contributed by atoms with van der Waals surface area (Å²) >= 11 is 2.14. The SMILES string of the molecule is CCOc1cc(/C=C2\C(=O)NC(=O)N(c3ccc(C)cc3C)C2=O)cc(I)c1Cc1ccccc1F. The third-order valence-corrected chi connectivity index (χ3v) is 6.77. The summed E-state index contributed by atoms with van der Waals surface area (Å²) in [5.41, 5.74) is 3.84. The molecular weight excluding hydrogens is 574 g/mol. The van der Waals surface area contributed by atoms with Crippen LogP contribution in [0.25, 0.3) is 6.08 Å². The van der Waals surface area contributed by atoms with E-state index in [2.05, 4.69) is 27.9 Å². The van der Waals surface area contributed by atoms with E-state index in [0.717, 1.165) is 25.2 Å². The first-order chi connectivity index (χ1) is 17.2. The summed E-state index contributed by atoms with van der Waals surface area (Å²) in [6.07, 6.45) is 1.77. The van der Waals surface area contributed by atoms with Crippen molar-refractivity contribution in [2.24, 2.45) is 0 Å². The normalized spacial score (nSPS) is 14.9. The third kappa shape index (κ3) is 5.18. The molecule has 184 valence electrons. The molecule has 1 heterocycles. The summed E-state index contributed by atoms with van der Waals surface area (Å²) in [6, 6.07) is 14.6. The molecule has 0 unspecified atom stereocenters. The van der Waals surface area contributed by atoms with Gasteiger partial charge in [-0.3, -0.25) is 14.9 Å². The van der Waals surface area contributed by atoms with Crippen molar-refractivity contribution in [2.45, 2.75) is 27.2 Å². The lowest BCUT2D eigenvalue weighted by molar-refractivity contribution is -0.122. The molecule has 1 N–H and O–H groups in total. The first kappa shape index (κ1) is 25.6. The average molecular weight is 598 g/mol. The molecule has 0 aliphatic carbocycles. The fourth-order valence-electron chi connectivity index (χ4n) is 4.10. The van der Waals surface area contributed by atoms with Gasteiger partial charge in [-0.25, -0.2) is 14.1 Å². The molecule has 0 aromatic heterocycles. The molecule has 1 aliphatic rings. The fraction of sp³-hybridized carbons (Fsp3) is 0.179. The van der Waals surface area contributed by atoms with Crippen LogP contribution < -0.4 is 15.0 Å². The standard InChI is InChI=1S/C28H24FIN2O4/c1-4-36-25-14-18(13-23(30)20(25)15-19-7-5-6-8-22(19)29)12-21-26(33)31-28(35)32(27(21)34)24-10-9-16(2)11-17(24)3/h5-14H,4,15H2,1-3H3,(H,31,33,35)/b21-12+. The van der Waals surface area contributed by atoms with Crippen LogP contribution in [-0.2, 0) is 16.0 Å². The van der Waals surface area contributed by atoms with Gasteiger partial charge in [0.2, 0.25) is 0 Å². The van der Waals surface area contributed by atoms with Crippen molar-refractivity contribution >= 4 is 52.2 Å². The van der Waals surface area contributed by atoms with E-state index >= 15 is 0 Å². The second-order valence-electron chi connectivity index (χ2n) is 8.43. The third-order valence-electron chi connectivity index (χ3n) is 5.81. The van der Waals surface area contributed by atoms with Crippen LogP contribution in [0.2, 0.25) is 0 Å². The maximum absolute atomic E-state index is 14.3. The van der Waals surface area contributed by atoms with Crippen LogP contribution >= 0.6 is 22.6 Å². The zero-order valence-corrected chi connectivity index (χ0v) is 22.2. The minimum absolute atomic E-state index is 0.172. The van der Waals surface area contributed by atoms with Crippen LogP contribution in [0, 0.1) is 23.2 Å². The number of hydrogen-bond acceptors (Lipinski definition) is 4. The van der Waals surface area contributed by atoms with E-state index in [4.69, 9.17) is 4.74 Å². The van der Waals surface area contributed by atoms with Crippen LogP contribution in [0.15, 0.2) is 60.2 Å². The molecule has 3 aromatic carbocycles. The average Bonchev–Trinajstić information content (AvgIpc) is 2.81. The largest absolute Gasteiger partial charge is 0.494 e. The number of amides is 4. The van der Waals surface area contributed by atoms with Gasteiger partial charge in [0.25, 0.3) is 11.8 Å². The second-order valence-corrected chi connectivity index (χ2v) is 9.59. The number of anilines is 1. The molecule has 6 nitrogen and oxygen atoms in total. The van der Waals surface area contributed by atoms with Gasteiger partial charge < -0.3 is 4.74 Å². The lowest BCUT2D eigenvalue weighted by Gasteiger charge is -2.27. The first-order valence-electron chi connectivity index (χ1n) is 11.4. The van der Waals surface area contributed by atoms with Crippen LogP contribution in [0.5, 0.6) is 5.75 Å². The quantitative estimate of drug-likeness (QED) is 0.225. The summed E-state index contributed by atoms with van der Waals surface area (Å²) in [5.74, 6) is -1.25. The van der Waals surface area contributed by atoms with Gasteiger partial charge in [0.05, 0.1) is 12.3 Å². The Morgan fingerprint density at radius 2 is 1.81 bits per heavy atom. The molecule has 1 saturated heterocycles. The zero-order valence-electron chi connectivity index (χ0n) is 20.0. The van der Waals surface area contributed by atoms with E-state index < -0.39 is 17.8 Å². The molecule has 0 radical (unpaired) electrons. The topological polar surface area (TPSA) is 75.7 Å². The van der Waals surface area contributed by atoms with Crippen molar-refractivity contribution in [1.29, 1.82) is 0 Å². The van der Waals surface area contributed by atoms with E-state index in [1.54, 1.807) is 49.4 Å². The Hall–Kier alpha value is -3.53. The number of nitrogens with one attached hydrogen (secondary N) is 1. The fourth-order valence-corrected chi connectivity index (χ4v) is 4.92. The molecule has 4 amide bonds. The van der Waals surface area contributed by atoms with Crippen molar-refractivity contribution in [3.8, 4) is 5.75 Å². The van der Waals surface area contributed by atoms with E-state index in [1.807, 2.05) is 19.9 Å². The lowest BCUT2D eigenvalue weighted by atomic mass is 10.00. The van der Waals surface area contributed by atoms with Gasteiger partial charge in [-0.1, -0.05) is 35.9 Å². The maximum atomic E-state index is 14.3. The van der Waals surface area contributed by atoms with Crippen molar-refractivity contribution in [3.63, 3.8) is 0 Å². The molecule has 36 heavy (non-hydrogen) atoms. The van der Waals surface area contributed by atoms with E-state index in [-0.39, 0.29) is 11.4 Å². The minimum Gasteiger partial charge on any atom is -0.494 e. The number of benzene rings is 3. The van der Waals surface area contributed by atoms with E-state index in [9.17, 15) is 18.8 Å². The van der Waals surface area contributed by atoms with Crippen LogP contribution in [0.1, 0.15) is 34.7 Å². The smallest absolute Gasteiger partial charge is 0.335 e. The van der Waals surface area contributed by atoms with E-state index in [1.165, 1.54) is 12.1 Å². The lowest BCUT2D eigenvalue weighted by Crippen LogP contribution is -2.54.